The number of hydrogen-bond acceptors (Lipinski definition) is 9. The Morgan fingerprint density at radius 2 is 1.57 bits per heavy atom. The number of carbonyl (C=O) groups is 2. The average molecular weight is 603 g/mol. The van der Waals surface area contributed by atoms with E-state index in [4.69, 9.17) is 14.2 Å². The topological polar surface area (TPSA) is 120 Å². The minimum atomic E-state index is -3.71. The minimum Gasteiger partial charge on any atom is -0.496 e. The molecule has 0 aliphatic carbocycles. The molecule has 0 amide bonds. The predicted octanol–water partition coefficient (Wildman–Crippen LogP) is 4.87. The summed E-state index contributed by atoms with van der Waals surface area (Å²) >= 11 is 0. The summed E-state index contributed by atoms with van der Waals surface area (Å²) in [4.78, 5) is 24.3. The third-order valence-corrected chi connectivity index (χ3v) is 9.95. The van der Waals surface area contributed by atoms with Gasteiger partial charge in [-0.2, -0.15) is 0 Å². The summed E-state index contributed by atoms with van der Waals surface area (Å²) < 4.78 is 43.9. The second kappa shape index (κ2) is 15.5. The molecule has 2 aromatic carbocycles. The van der Waals surface area contributed by atoms with Crippen LogP contribution in [0.15, 0.2) is 47.4 Å². The van der Waals surface area contributed by atoms with Crippen molar-refractivity contribution >= 4 is 21.8 Å². The van der Waals surface area contributed by atoms with Gasteiger partial charge in [0.05, 0.1) is 50.9 Å². The Kier molecular flexibility index (Phi) is 12.4. The molecule has 0 fully saturated rings. The van der Waals surface area contributed by atoms with E-state index < -0.39 is 33.4 Å². The fourth-order valence-corrected chi connectivity index (χ4v) is 7.81. The molecule has 0 saturated carbocycles. The van der Waals surface area contributed by atoms with Gasteiger partial charge in [-0.15, -0.1) is 0 Å². The van der Waals surface area contributed by atoms with E-state index in [1.165, 1.54) is 14.2 Å². The zero-order valence-electron chi connectivity index (χ0n) is 25.5. The molecule has 1 atom stereocenters. The Bertz CT molecular complexity index is 1270. The summed E-state index contributed by atoms with van der Waals surface area (Å²) in [5, 5.41) is 7.07. The van der Waals surface area contributed by atoms with Gasteiger partial charge in [-0.25, -0.2) is 8.42 Å². The zero-order valence-corrected chi connectivity index (χ0v) is 26.3. The van der Waals surface area contributed by atoms with E-state index in [0.29, 0.717) is 16.9 Å². The highest BCUT2D eigenvalue weighted by Gasteiger charge is 2.43. The highest BCUT2D eigenvalue weighted by Crippen LogP contribution is 2.41. The summed E-state index contributed by atoms with van der Waals surface area (Å²) in [7, 11) is 0.412. The van der Waals surface area contributed by atoms with Crippen molar-refractivity contribution in [1.82, 2.24) is 10.6 Å². The smallest absolute Gasteiger partial charge is 0.307 e. The highest BCUT2D eigenvalue weighted by molar-refractivity contribution is 7.91. The molecule has 2 aromatic rings. The monoisotopic (exact) mass is 602 g/mol. The Balaban J connectivity index is 2.11. The average Bonchev–Trinajstić information content (AvgIpc) is 3.09. The Labute approximate surface area is 250 Å². The first-order chi connectivity index (χ1) is 20.1. The number of rotatable bonds is 15. The molecule has 0 bridgehead atoms. The van der Waals surface area contributed by atoms with E-state index >= 15 is 0 Å². The quantitative estimate of drug-likeness (QED) is 0.275. The maximum absolute atomic E-state index is 14.2. The summed E-state index contributed by atoms with van der Waals surface area (Å²) in [6.45, 7) is 4.42. The molecular formula is C32H46N2O7S. The molecule has 9 nitrogen and oxygen atoms in total. The molecule has 2 N–H and O–H groups in total. The number of fused-ring (bicyclic) bond motifs is 1. The molecule has 3 rings (SSSR count). The van der Waals surface area contributed by atoms with Crippen LogP contribution in [-0.4, -0.2) is 59.0 Å². The fraction of sp³-hybridized carbons (Fsp3) is 0.562. The van der Waals surface area contributed by atoms with Crippen LogP contribution in [0.1, 0.15) is 87.9 Å². The van der Waals surface area contributed by atoms with Crippen molar-refractivity contribution in [1.29, 1.82) is 0 Å². The standard InChI is InChI=1S/C32H46N2O7S/c1-6-8-15-32(16-9-7-2)22-42(37,38)28-17-24(21-33-25(18-29(35)40-4)19-30(36)41-5)27(39-3)20-26(28)31(34-32)23-13-11-10-12-14-23/h10-14,17,20,25,31,33-34H,6-9,15-16,18-19,21-22H2,1-5H3. The van der Waals surface area contributed by atoms with E-state index in [1.807, 2.05) is 36.4 Å². The summed E-state index contributed by atoms with van der Waals surface area (Å²) in [6, 6.07) is 12.5. The van der Waals surface area contributed by atoms with Gasteiger partial charge in [-0.3, -0.25) is 14.9 Å². The number of methoxy groups -OCH3 is 3. The van der Waals surface area contributed by atoms with Crippen molar-refractivity contribution in [2.24, 2.45) is 0 Å². The van der Waals surface area contributed by atoms with Crippen molar-refractivity contribution in [3.05, 3.63) is 59.2 Å². The van der Waals surface area contributed by atoms with Gasteiger partial charge in [0.25, 0.3) is 0 Å². The van der Waals surface area contributed by atoms with Crippen LogP contribution in [0.2, 0.25) is 0 Å². The first kappa shape index (κ1) is 33.6. The van der Waals surface area contributed by atoms with Gasteiger partial charge in [-0.1, -0.05) is 69.9 Å². The Morgan fingerprint density at radius 3 is 2.10 bits per heavy atom. The van der Waals surface area contributed by atoms with Crippen LogP contribution in [-0.2, 0) is 35.4 Å². The minimum absolute atomic E-state index is 0.00281. The lowest BCUT2D eigenvalue weighted by Crippen LogP contribution is -2.50. The number of benzene rings is 2. The van der Waals surface area contributed by atoms with Crippen LogP contribution < -0.4 is 15.4 Å². The number of hydrogen-bond donors (Lipinski definition) is 2. The van der Waals surface area contributed by atoms with Gasteiger partial charge in [0, 0.05) is 23.7 Å². The maximum atomic E-state index is 14.2. The van der Waals surface area contributed by atoms with E-state index in [1.54, 1.807) is 13.2 Å². The third-order valence-electron chi connectivity index (χ3n) is 7.99. The predicted molar refractivity (Wildman–Crippen MR) is 162 cm³/mol. The molecule has 0 spiro atoms. The van der Waals surface area contributed by atoms with Crippen LogP contribution >= 0.6 is 0 Å². The normalized spacial score (nSPS) is 17.2. The lowest BCUT2D eigenvalue weighted by molar-refractivity contribution is -0.143. The summed E-state index contributed by atoms with van der Waals surface area (Å²) in [5.41, 5.74) is 1.66. The molecule has 0 saturated heterocycles. The molecule has 0 radical (unpaired) electrons. The second-order valence-electron chi connectivity index (χ2n) is 11.1. The van der Waals surface area contributed by atoms with Crippen molar-refractivity contribution < 1.29 is 32.2 Å². The van der Waals surface area contributed by atoms with Crippen molar-refractivity contribution in [3.63, 3.8) is 0 Å². The number of ether oxygens (including phenoxy) is 3. The molecular weight excluding hydrogens is 556 g/mol. The largest absolute Gasteiger partial charge is 0.496 e. The summed E-state index contributed by atoms with van der Waals surface area (Å²) in [5.74, 6) is -0.424. The Morgan fingerprint density at radius 1 is 0.976 bits per heavy atom. The molecule has 42 heavy (non-hydrogen) atoms. The fourth-order valence-electron chi connectivity index (χ4n) is 5.70. The molecule has 1 heterocycles. The third kappa shape index (κ3) is 8.55. The molecule has 1 unspecified atom stereocenters. The number of unbranched alkanes of at least 4 members (excludes halogenated alkanes) is 2. The van der Waals surface area contributed by atoms with Crippen LogP contribution in [0, 0.1) is 0 Å². The van der Waals surface area contributed by atoms with E-state index in [-0.39, 0.29) is 36.1 Å². The first-order valence-corrected chi connectivity index (χ1v) is 16.4. The SMILES string of the molecule is CCCCC1(CCCC)CS(=O)(=O)c2cc(CNC(CC(=O)OC)CC(=O)OC)c(OC)cc2C(c2ccccc2)N1. The molecule has 232 valence electrons. The maximum Gasteiger partial charge on any atom is 0.307 e. The van der Waals surface area contributed by atoms with E-state index in [9.17, 15) is 18.0 Å². The molecule has 0 aromatic heterocycles. The van der Waals surface area contributed by atoms with Gasteiger partial charge in [0.2, 0.25) is 0 Å². The van der Waals surface area contributed by atoms with Crippen molar-refractivity contribution in [2.45, 2.75) is 94.3 Å². The first-order valence-electron chi connectivity index (χ1n) is 14.7. The van der Waals surface area contributed by atoms with Crippen molar-refractivity contribution in [3.8, 4) is 5.75 Å². The van der Waals surface area contributed by atoms with Crippen LogP contribution in [0.3, 0.4) is 0 Å². The number of carbonyl (C=O) groups excluding carboxylic acids is 2. The zero-order chi connectivity index (χ0) is 30.8. The van der Waals surface area contributed by atoms with Gasteiger partial charge >= 0.3 is 11.9 Å². The van der Waals surface area contributed by atoms with Crippen molar-refractivity contribution in [2.75, 3.05) is 27.1 Å². The number of nitrogens with one attached hydrogen (secondary N) is 2. The lowest BCUT2D eigenvalue weighted by Gasteiger charge is -2.37. The van der Waals surface area contributed by atoms with Gasteiger partial charge in [0.1, 0.15) is 5.75 Å². The lowest BCUT2D eigenvalue weighted by atomic mass is 9.86. The van der Waals surface area contributed by atoms with Crippen LogP contribution in [0.25, 0.3) is 0 Å². The number of esters is 2. The Hall–Kier alpha value is -2.95. The van der Waals surface area contributed by atoms with Gasteiger partial charge in [0.15, 0.2) is 9.84 Å². The van der Waals surface area contributed by atoms with Crippen LogP contribution in [0.4, 0.5) is 0 Å². The van der Waals surface area contributed by atoms with E-state index in [2.05, 4.69) is 24.5 Å². The molecule has 10 heteroatoms. The van der Waals surface area contributed by atoms with Gasteiger partial charge < -0.3 is 19.5 Å². The van der Waals surface area contributed by atoms with E-state index in [0.717, 1.165) is 44.1 Å². The summed E-state index contributed by atoms with van der Waals surface area (Å²) in [6.07, 6.45) is 5.21. The number of sulfone groups is 1. The van der Waals surface area contributed by atoms with Crippen LogP contribution in [0.5, 0.6) is 5.75 Å². The molecule has 1 aliphatic rings. The second-order valence-corrected chi connectivity index (χ2v) is 13.0. The van der Waals surface area contributed by atoms with Gasteiger partial charge in [-0.05, 0) is 36.1 Å². The highest BCUT2D eigenvalue weighted by atomic mass is 32.2. The molecule has 1 aliphatic heterocycles.